The third-order valence-electron chi connectivity index (χ3n) is 3.55. The first-order valence-corrected chi connectivity index (χ1v) is 6.83. The highest BCUT2D eigenvalue weighted by Crippen LogP contribution is 2.16. The lowest BCUT2D eigenvalue weighted by atomic mass is 9.96. The normalized spacial score (nSPS) is 15.5. The lowest BCUT2D eigenvalue weighted by Crippen LogP contribution is -2.47. The fourth-order valence-corrected chi connectivity index (χ4v) is 2.27. The second kappa shape index (κ2) is 6.83. The van der Waals surface area contributed by atoms with E-state index in [9.17, 15) is 14.4 Å². The van der Waals surface area contributed by atoms with Crippen LogP contribution in [-0.4, -0.2) is 40.7 Å². The van der Waals surface area contributed by atoms with Gasteiger partial charge in [0.15, 0.2) is 0 Å². The molecule has 0 radical (unpaired) electrons. The van der Waals surface area contributed by atoms with Gasteiger partial charge in [0.2, 0.25) is 5.91 Å². The van der Waals surface area contributed by atoms with E-state index in [1.807, 2.05) is 6.07 Å². The topological polar surface area (TPSA) is 105 Å². The number of amides is 3. The van der Waals surface area contributed by atoms with Gasteiger partial charge in [-0.1, -0.05) is 6.07 Å². The number of nitrogens with one attached hydrogen (secondary N) is 1. The van der Waals surface area contributed by atoms with E-state index in [0.717, 1.165) is 5.56 Å². The minimum atomic E-state index is -0.642. The zero-order valence-electron chi connectivity index (χ0n) is 11.6. The Morgan fingerprint density at radius 1 is 1.33 bits per heavy atom. The average Bonchev–Trinajstić information content (AvgIpc) is 2.53. The van der Waals surface area contributed by atoms with E-state index in [0.29, 0.717) is 25.9 Å². The summed E-state index contributed by atoms with van der Waals surface area (Å²) in [5.74, 6) is -1.76. The second-order valence-corrected chi connectivity index (χ2v) is 5.01. The number of nitrogens with zero attached hydrogens (tertiary/aromatic N) is 2. The number of pyridine rings is 1. The van der Waals surface area contributed by atoms with Gasteiger partial charge in [-0.2, -0.15) is 0 Å². The highest BCUT2D eigenvalue weighted by Gasteiger charge is 2.28. The van der Waals surface area contributed by atoms with Crippen LogP contribution < -0.4 is 11.1 Å². The first-order valence-electron chi connectivity index (χ1n) is 6.83. The minimum Gasteiger partial charge on any atom is -0.369 e. The zero-order valence-corrected chi connectivity index (χ0v) is 11.6. The molecule has 2 heterocycles. The number of carbonyl (C=O) groups excluding carboxylic acids is 3. The molecule has 0 bridgehead atoms. The molecular weight excluding hydrogens is 272 g/mol. The van der Waals surface area contributed by atoms with Crippen molar-refractivity contribution in [3.63, 3.8) is 0 Å². The van der Waals surface area contributed by atoms with E-state index in [1.54, 1.807) is 18.5 Å². The van der Waals surface area contributed by atoms with Crippen molar-refractivity contribution < 1.29 is 14.4 Å². The van der Waals surface area contributed by atoms with Crippen LogP contribution in [0.15, 0.2) is 24.5 Å². The van der Waals surface area contributed by atoms with Crippen LogP contribution in [0.25, 0.3) is 0 Å². The number of hydrogen-bond donors (Lipinski definition) is 2. The molecule has 0 spiro atoms. The summed E-state index contributed by atoms with van der Waals surface area (Å²) < 4.78 is 0. The molecule has 0 saturated carbocycles. The van der Waals surface area contributed by atoms with E-state index in [-0.39, 0.29) is 18.4 Å². The molecular formula is C14H18N4O3. The maximum atomic E-state index is 12.0. The van der Waals surface area contributed by atoms with E-state index >= 15 is 0 Å². The molecule has 0 atom stereocenters. The number of nitrogens with two attached hydrogens (primary N) is 1. The van der Waals surface area contributed by atoms with Crippen molar-refractivity contribution in [2.24, 2.45) is 11.7 Å². The number of likely N-dealkylation sites (tertiary alicyclic amines) is 1. The maximum Gasteiger partial charge on any atom is 0.311 e. The zero-order chi connectivity index (χ0) is 15.2. The molecule has 1 saturated heterocycles. The molecule has 0 aliphatic carbocycles. The lowest BCUT2D eigenvalue weighted by molar-refractivity contribution is -0.147. The molecule has 1 aliphatic rings. The van der Waals surface area contributed by atoms with Gasteiger partial charge in [0.25, 0.3) is 0 Å². The highest BCUT2D eigenvalue weighted by atomic mass is 16.2. The molecule has 3 amide bonds. The van der Waals surface area contributed by atoms with Crippen molar-refractivity contribution >= 4 is 17.7 Å². The Labute approximate surface area is 122 Å². The smallest absolute Gasteiger partial charge is 0.311 e. The van der Waals surface area contributed by atoms with E-state index in [4.69, 9.17) is 5.73 Å². The third kappa shape index (κ3) is 4.01. The van der Waals surface area contributed by atoms with Crippen molar-refractivity contribution in [2.45, 2.75) is 19.4 Å². The number of piperidine rings is 1. The van der Waals surface area contributed by atoms with Gasteiger partial charge in [-0.3, -0.25) is 19.4 Å². The van der Waals surface area contributed by atoms with Crippen LogP contribution in [0.5, 0.6) is 0 Å². The van der Waals surface area contributed by atoms with Crippen LogP contribution in [0, 0.1) is 5.92 Å². The summed E-state index contributed by atoms with van der Waals surface area (Å²) in [5, 5.41) is 2.57. The molecule has 1 fully saturated rings. The van der Waals surface area contributed by atoms with Gasteiger partial charge in [0.1, 0.15) is 0 Å². The second-order valence-electron chi connectivity index (χ2n) is 5.01. The summed E-state index contributed by atoms with van der Waals surface area (Å²) >= 11 is 0. The SMILES string of the molecule is NC(=O)C1CCN(C(=O)C(=O)NCc2cccnc2)CC1. The van der Waals surface area contributed by atoms with Crippen molar-refractivity contribution in [2.75, 3.05) is 13.1 Å². The van der Waals surface area contributed by atoms with E-state index in [2.05, 4.69) is 10.3 Å². The number of rotatable bonds is 3. The molecule has 1 aliphatic heterocycles. The molecule has 21 heavy (non-hydrogen) atoms. The maximum absolute atomic E-state index is 12.0. The van der Waals surface area contributed by atoms with Gasteiger partial charge in [-0.05, 0) is 24.5 Å². The van der Waals surface area contributed by atoms with Crippen LogP contribution in [0.3, 0.4) is 0 Å². The average molecular weight is 290 g/mol. The van der Waals surface area contributed by atoms with Gasteiger partial charge in [-0.15, -0.1) is 0 Å². The van der Waals surface area contributed by atoms with Gasteiger partial charge in [0, 0.05) is 37.9 Å². The highest BCUT2D eigenvalue weighted by molar-refractivity contribution is 6.35. The van der Waals surface area contributed by atoms with E-state index < -0.39 is 11.8 Å². The Balaban J connectivity index is 1.80. The Hall–Kier alpha value is -2.44. The summed E-state index contributed by atoms with van der Waals surface area (Å²) in [6, 6.07) is 3.58. The Bertz CT molecular complexity index is 524. The van der Waals surface area contributed by atoms with Crippen LogP contribution in [0.1, 0.15) is 18.4 Å². The summed E-state index contributed by atoms with van der Waals surface area (Å²) in [5.41, 5.74) is 6.06. The molecule has 7 nitrogen and oxygen atoms in total. The summed E-state index contributed by atoms with van der Waals surface area (Å²) in [4.78, 5) is 40.2. The first-order chi connectivity index (χ1) is 10.1. The van der Waals surface area contributed by atoms with E-state index in [1.165, 1.54) is 4.90 Å². The summed E-state index contributed by atoms with van der Waals surface area (Å²) in [7, 11) is 0. The molecule has 1 aromatic heterocycles. The van der Waals surface area contributed by atoms with Gasteiger partial charge in [0.05, 0.1) is 0 Å². The Kier molecular flexibility index (Phi) is 4.86. The quantitative estimate of drug-likeness (QED) is 0.727. The Morgan fingerprint density at radius 2 is 2.05 bits per heavy atom. The first kappa shape index (κ1) is 15.0. The summed E-state index contributed by atoms with van der Waals surface area (Å²) in [6.45, 7) is 1.02. The fraction of sp³-hybridized carbons (Fsp3) is 0.429. The number of carbonyl (C=O) groups is 3. The van der Waals surface area contributed by atoms with Gasteiger partial charge in [-0.25, -0.2) is 0 Å². The molecule has 3 N–H and O–H groups in total. The number of hydrogen-bond acceptors (Lipinski definition) is 4. The van der Waals surface area contributed by atoms with Crippen molar-refractivity contribution in [1.29, 1.82) is 0 Å². The van der Waals surface area contributed by atoms with Gasteiger partial charge < -0.3 is 16.0 Å². The molecule has 0 unspecified atom stereocenters. The van der Waals surface area contributed by atoms with Crippen LogP contribution in [0.2, 0.25) is 0 Å². The molecule has 112 valence electrons. The van der Waals surface area contributed by atoms with Crippen LogP contribution >= 0.6 is 0 Å². The van der Waals surface area contributed by atoms with Crippen molar-refractivity contribution in [3.8, 4) is 0 Å². The minimum absolute atomic E-state index is 0.201. The largest absolute Gasteiger partial charge is 0.369 e. The fourth-order valence-electron chi connectivity index (χ4n) is 2.27. The number of primary amides is 1. The Morgan fingerprint density at radius 3 is 2.62 bits per heavy atom. The predicted octanol–water partition coefficient (Wildman–Crippen LogP) is -0.578. The predicted molar refractivity (Wildman–Crippen MR) is 74.6 cm³/mol. The van der Waals surface area contributed by atoms with Gasteiger partial charge >= 0.3 is 11.8 Å². The van der Waals surface area contributed by atoms with Crippen molar-refractivity contribution in [3.05, 3.63) is 30.1 Å². The monoisotopic (exact) mass is 290 g/mol. The lowest BCUT2D eigenvalue weighted by Gasteiger charge is -2.29. The summed E-state index contributed by atoms with van der Waals surface area (Å²) in [6.07, 6.45) is 4.29. The number of aromatic nitrogens is 1. The van der Waals surface area contributed by atoms with Crippen molar-refractivity contribution in [1.82, 2.24) is 15.2 Å². The standard InChI is InChI=1S/C14H18N4O3/c15-12(19)11-3-6-18(7-4-11)14(21)13(20)17-9-10-2-1-5-16-8-10/h1-2,5,8,11H,3-4,6-7,9H2,(H2,15,19)(H,17,20). The molecule has 1 aromatic rings. The molecule has 2 rings (SSSR count). The molecule has 0 aromatic carbocycles. The third-order valence-corrected chi connectivity index (χ3v) is 3.55. The molecule has 7 heteroatoms. The van der Waals surface area contributed by atoms with Crippen LogP contribution in [-0.2, 0) is 20.9 Å². The van der Waals surface area contributed by atoms with Crippen LogP contribution in [0.4, 0.5) is 0 Å².